The smallest absolute Gasteiger partial charge is 0.339 e. The molecule has 1 atom stereocenters. The number of anilines is 1. The lowest BCUT2D eigenvalue weighted by atomic mass is 10.2. The van der Waals surface area contributed by atoms with E-state index in [-0.39, 0.29) is 18.1 Å². The van der Waals surface area contributed by atoms with Crippen molar-refractivity contribution >= 4 is 28.4 Å². The van der Waals surface area contributed by atoms with Crippen LogP contribution < -0.4 is 4.90 Å². The Bertz CT molecular complexity index is 834. The van der Waals surface area contributed by atoms with Gasteiger partial charge in [0.15, 0.2) is 6.61 Å². The molecule has 0 aliphatic rings. The van der Waals surface area contributed by atoms with Crippen LogP contribution in [0.3, 0.4) is 0 Å². The molecule has 2 aromatic rings. The first-order valence-electron chi connectivity index (χ1n) is 8.39. The summed E-state index contributed by atoms with van der Waals surface area (Å²) in [5, 5.41) is 0. The van der Waals surface area contributed by atoms with Crippen molar-refractivity contribution < 1.29 is 18.5 Å². The third-order valence-corrected chi connectivity index (χ3v) is 5.02. The van der Waals surface area contributed by atoms with Crippen LogP contribution >= 0.6 is 0 Å². The minimum atomic E-state index is -1.32. The van der Waals surface area contributed by atoms with Crippen molar-refractivity contribution in [1.29, 1.82) is 0 Å². The fourth-order valence-corrected chi connectivity index (χ4v) is 3.19. The van der Waals surface area contributed by atoms with E-state index in [0.29, 0.717) is 11.4 Å². The summed E-state index contributed by atoms with van der Waals surface area (Å²) >= 11 is 0. The van der Waals surface area contributed by atoms with Crippen LogP contribution in [0.15, 0.2) is 53.4 Å². The summed E-state index contributed by atoms with van der Waals surface area (Å²) in [6.07, 6.45) is 1.49. The number of carbonyl (C=O) groups is 2. The summed E-state index contributed by atoms with van der Waals surface area (Å²) in [5.74, 6) is -0.965. The normalized spacial score (nSPS) is 11.6. The molecule has 0 fully saturated rings. The van der Waals surface area contributed by atoms with E-state index >= 15 is 0 Å². The molecule has 0 bridgehead atoms. The van der Waals surface area contributed by atoms with E-state index in [0.717, 1.165) is 11.3 Å². The zero-order chi connectivity index (χ0) is 20.0. The summed E-state index contributed by atoms with van der Waals surface area (Å²) in [6, 6.07) is 14.4. The molecule has 0 saturated carbocycles. The maximum Gasteiger partial charge on any atom is 0.339 e. The van der Waals surface area contributed by atoms with Gasteiger partial charge >= 0.3 is 5.97 Å². The molecule has 27 heavy (non-hydrogen) atoms. The number of esters is 1. The van der Waals surface area contributed by atoms with E-state index in [1.165, 1.54) is 11.2 Å². The van der Waals surface area contributed by atoms with Crippen LogP contribution in [0.2, 0.25) is 0 Å². The molecule has 0 aromatic heterocycles. The van der Waals surface area contributed by atoms with Gasteiger partial charge in [-0.1, -0.05) is 24.3 Å². The summed E-state index contributed by atoms with van der Waals surface area (Å²) in [7, 11) is 4.27. The first kappa shape index (κ1) is 20.6. The maximum absolute atomic E-state index is 12.3. The van der Waals surface area contributed by atoms with Crippen molar-refractivity contribution in [2.24, 2.45) is 0 Å². The lowest BCUT2D eigenvalue weighted by molar-refractivity contribution is -0.133. The van der Waals surface area contributed by atoms with E-state index in [4.69, 9.17) is 4.74 Å². The average molecular weight is 388 g/mol. The van der Waals surface area contributed by atoms with Crippen LogP contribution in [-0.2, 0) is 26.9 Å². The summed E-state index contributed by atoms with van der Waals surface area (Å²) in [6.45, 7) is 0.0510. The van der Waals surface area contributed by atoms with Gasteiger partial charge in [0.2, 0.25) is 0 Å². The molecule has 7 heteroatoms. The molecule has 0 heterocycles. The number of likely N-dealkylation sites (N-methyl/N-ethyl adjacent to an activating group) is 1. The van der Waals surface area contributed by atoms with Crippen LogP contribution in [-0.4, -0.2) is 55.0 Å². The molecule has 0 radical (unpaired) electrons. The van der Waals surface area contributed by atoms with Crippen molar-refractivity contribution in [1.82, 2.24) is 4.90 Å². The fraction of sp³-hybridized carbons (Fsp3) is 0.300. The lowest BCUT2D eigenvalue weighted by Gasteiger charge is -2.18. The fourth-order valence-electron chi connectivity index (χ4n) is 2.46. The van der Waals surface area contributed by atoms with Crippen molar-refractivity contribution in [2.45, 2.75) is 11.4 Å². The number of amides is 1. The first-order chi connectivity index (χ1) is 12.8. The van der Waals surface area contributed by atoms with E-state index in [9.17, 15) is 13.8 Å². The average Bonchev–Trinajstić information content (AvgIpc) is 2.66. The minimum absolute atomic E-state index is 0.216. The number of ether oxygens (including phenoxy) is 1. The summed E-state index contributed by atoms with van der Waals surface area (Å²) in [4.78, 5) is 28.4. The molecule has 0 spiro atoms. The topological polar surface area (TPSA) is 66.9 Å². The van der Waals surface area contributed by atoms with Crippen LogP contribution in [0.5, 0.6) is 0 Å². The van der Waals surface area contributed by atoms with Crippen molar-refractivity contribution in [3.8, 4) is 0 Å². The van der Waals surface area contributed by atoms with Crippen molar-refractivity contribution in [3.63, 3.8) is 0 Å². The molecule has 0 aliphatic carbocycles. The number of nitrogens with zero attached hydrogens (tertiary/aromatic N) is 2. The monoisotopic (exact) mass is 388 g/mol. The second kappa shape index (κ2) is 9.32. The highest BCUT2D eigenvalue weighted by atomic mass is 32.2. The van der Waals surface area contributed by atoms with Gasteiger partial charge in [-0.3, -0.25) is 9.00 Å². The minimum Gasteiger partial charge on any atom is -0.452 e. The lowest BCUT2D eigenvalue weighted by Crippen LogP contribution is -2.31. The highest BCUT2D eigenvalue weighted by Crippen LogP contribution is 2.15. The summed E-state index contributed by atoms with van der Waals surface area (Å²) < 4.78 is 16.8. The van der Waals surface area contributed by atoms with Gasteiger partial charge in [0.25, 0.3) is 5.91 Å². The van der Waals surface area contributed by atoms with Crippen LogP contribution in [0.4, 0.5) is 5.69 Å². The second-order valence-corrected chi connectivity index (χ2v) is 7.69. The van der Waals surface area contributed by atoms with Gasteiger partial charge < -0.3 is 14.5 Å². The molecule has 6 nitrogen and oxygen atoms in total. The number of hydrogen-bond acceptors (Lipinski definition) is 5. The Labute approximate surface area is 162 Å². The molecule has 0 aliphatic heterocycles. The predicted octanol–water partition coefficient (Wildman–Crippen LogP) is 2.31. The first-order valence-corrected chi connectivity index (χ1v) is 9.95. The van der Waals surface area contributed by atoms with E-state index < -0.39 is 16.8 Å². The maximum atomic E-state index is 12.3. The Morgan fingerprint density at radius 2 is 1.63 bits per heavy atom. The molecule has 0 saturated heterocycles. The summed E-state index contributed by atoms with van der Waals surface area (Å²) in [5.41, 5.74) is 2.27. The molecular weight excluding hydrogens is 364 g/mol. The Morgan fingerprint density at radius 1 is 1.00 bits per heavy atom. The predicted molar refractivity (Wildman–Crippen MR) is 106 cm³/mol. The Morgan fingerprint density at radius 3 is 2.22 bits per heavy atom. The number of benzene rings is 2. The van der Waals surface area contributed by atoms with E-state index in [2.05, 4.69) is 0 Å². The Kier molecular flexibility index (Phi) is 7.12. The van der Waals surface area contributed by atoms with Gasteiger partial charge in [-0.2, -0.15) is 0 Å². The highest BCUT2D eigenvalue weighted by Gasteiger charge is 2.17. The number of hydrogen-bond donors (Lipinski definition) is 0. The van der Waals surface area contributed by atoms with Gasteiger partial charge in [0.1, 0.15) is 0 Å². The highest BCUT2D eigenvalue weighted by molar-refractivity contribution is 7.84. The largest absolute Gasteiger partial charge is 0.452 e. The van der Waals surface area contributed by atoms with Gasteiger partial charge in [0, 0.05) is 39.6 Å². The zero-order valence-electron chi connectivity index (χ0n) is 16.0. The molecule has 0 N–H and O–H groups in total. The van der Waals surface area contributed by atoms with E-state index in [1.807, 2.05) is 43.3 Å². The second-order valence-electron chi connectivity index (χ2n) is 6.34. The number of carbonyl (C=O) groups excluding carboxylic acids is 2. The molecule has 0 unspecified atom stereocenters. The van der Waals surface area contributed by atoms with Crippen LogP contribution in [0.25, 0.3) is 0 Å². The third-order valence-electron chi connectivity index (χ3n) is 4.04. The standard InChI is InChI=1S/C20H24N2O4S/c1-21(2)16-11-9-15(10-12-16)13-22(3)19(23)14-26-20(24)17-7-5-6-8-18(17)27(4)25/h5-12H,13-14H2,1-4H3/t27-/m0/s1. The van der Waals surface area contributed by atoms with Gasteiger partial charge in [0.05, 0.1) is 21.3 Å². The van der Waals surface area contributed by atoms with Crippen molar-refractivity contribution in [3.05, 3.63) is 59.7 Å². The number of rotatable bonds is 7. The van der Waals surface area contributed by atoms with Gasteiger partial charge in [-0.25, -0.2) is 4.79 Å². The van der Waals surface area contributed by atoms with E-state index in [1.54, 1.807) is 31.3 Å². The van der Waals surface area contributed by atoms with Gasteiger partial charge in [-0.05, 0) is 29.8 Å². The van der Waals surface area contributed by atoms with Crippen LogP contribution in [0, 0.1) is 0 Å². The molecule has 144 valence electrons. The third kappa shape index (κ3) is 5.65. The molecule has 1 amide bonds. The Balaban J connectivity index is 1.93. The zero-order valence-corrected chi connectivity index (χ0v) is 16.8. The molecule has 2 aromatic carbocycles. The molecular formula is C20H24N2O4S. The SMILES string of the molecule is CN(Cc1ccc(N(C)C)cc1)C(=O)COC(=O)c1ccccc1[S@](C)=O. The van der Waals surface area contributed by atoms with Crippen molar-refractivity contribution in [2.75, 3.05) is 38.9 Å². The Hall–Kier alpha value is -2.67. The molecule has 2 rings (SSSR count). The van der Waals surface area contributed by atoms with Crippen LogP contribution in [0.1, 0.15) is 15.9 Å². The quantitative estimate of drug-likeness (QED) is 0.681. The van der Waals surface area contributed by atoms with Gasteiger partial charge in [-0.15, -0.1) is 0 Å².